The molecule has 5 atom stereocenters. The summed E-state index contributed by atoms with van der Waals surface area (Å²) in [5.41, 5.74) is 10.2. The number of aromatic hydroxyl groups is 1. The maximum atomic E-state index is 14.1. The molecule has 6 aromatic rings. The molecule has 6 amide bonds. The van der Waals surface area contributed by atoms with Crippen molar-refractivity contribution in [2.24, 2.45) is 5.73 Å². The van der Waals surface area contributed by atoms with Crippen LogP contribution in [0, 0.1) is 0 Å². The third-order valence-corrected chi connectivity index (χ3v) is 10.2. The molecule has 0 saturated heterocycles. The zero-order valence-corrected chi connectivity index (χ0v) is 33.2. The van der Waals surface area contributed by atoms with E-state index in [-0.39, 0.29) is 31.4 Å². The van der Waals surface area contributed by atoms with E-state index in [1.807, 2.05) is 66.7 Å². The first-order valence-corrected chi connectivity index (χ1v) is 19.5. The van der Waals surface area contributed by atoms with Crippen molar-refractivity contribution in [1.82, 2.24) is 36.6 Å². The van der Waals surface area contributed by atoms with Gasteiger partial charge in [0, 0.05) is 66.8 Å². The second-order valence-corrected chi connectivity index (χ2v) is 14.8. The highest BCUT2D eigenvalue weighted by atomic mass is 16.3. The number of carbonyl (C=O) groups is 6. The number of amides is 6. The topological polar surface area (TPSA) is 240 Å². The van der Waals surface area contributed by atoms with Crippen molar-refractivity contribution in [1.29, 1.82) is 0 Å². The van der Waals surface area contributed by atoms with Gasteiger partial charge >= 0.3 is 0 Å². The van der Waals surface area contributed by atoms with Gasteiger partial charge in [0.05, 0.1) is 0 Å². The van der Waals surface area contributed by atoms with E-state index in [4.69, 9.17) is 5.73 Å². The minimum atomic E-state index is -1.22. The molecule has 60 heavy (non-hydrogen) atoms. The number of primary amides is 1. The number of carbonyl (C=O) groups excluding carboxylic acids is 6. The Morgan fingerprint density at radius 2 is 0.967 bits per heavy atom. The summed E-state index contributed by atoms with van der Waals surface area (Å²) < 4.78 is 0. The van der Waals surface area contributed by atoms with Crippen LogP contribution in [0.5, 0.6) is 5.75 Å². The minimum absolute atomic E-state index is 0.0173. The first-order chi connectivity index (χ1) is 28.8. The second kappa shape index (κ2) is 19.4. The number of aromatic amines is 2. The molecule has 310 valence electrons. The van der Waals surface area contributed by atoms with E-state index >= 15 is 0 Å². The van der Waals surface area contributed by atoms with Crippen molar-refractivity contribution in [3.05, 3.63) is 138 Å². The molecule has 0 aliphatic heterocycles. The van der Waals surface area contributed by atoms with Crippen molar-refractivity contribution in [3.63, 3.8) is 0 Å². The SMILES string of the molecule is CC(=O)N[C@@H](Cc1ccc(O)cc1)C(=O)N[C@H](Cc1c[nH]c2ccccc12)C(=O)N[C@@H](C)C(=O)N[C@@H](Cc1c[nH]c2ccccc12)C(=O)N[C@H](Cc1ccccc1)C(N)=O. The van der Waals surface area contributed by atoms with Crippen LogP contribution in [-0.2, 0) is 54.5 Å². The average Bonchev–Trinajstić information content (AvgIpc) is 3.84. The molecule has 6 rings (SSSR count). The molecular weight excluding hydrogens is 765 g/mol. The van der Waals surface area contributed by atoms with E-state index in [1.165, 1.54) is 26.0 Å². The highest BCUT2D eigenvalue weighted by Gasteiger charge is 2.32. The van der Waals surface area contributed by atoms with Crippen LogP contribution in [0.1, 0.15) is 36.1 Å². The third kappa shape index (κ3) is 10.9. The average molecular weight is 813 g/mol. The number of phenols is 1. The molecule has 0 saturated carbocycles. The lowest BCUT2D eigenvalue weighted by Gasteiger charge is -2.26. The Bertz CT molecular complexity index is 2480. The first kappa shape index (κ1) is 42.2. The van der Waals surface area contributed by atoms with E-state index in [9.17, 15) is 33.9 Å². The van der Waals surface area contributed by atoms with Gasteiger partial charge in [-0.1, -0.05) is 78.9 Å². The zero-order valence-electron chi connectivity index (χ0n) is 33.2. The molecule has 4 aromatic carbocycles. The monoisotopic (exact) mass is 812 g/mol. The van der Waals surface area contributed by atoms with Gasteiger partial charge in [-0.3, -0.25) is 28.8 Å². The lowest BCUT2D eigenvalue weighted by atomic mass is 10.0. The predicted molar refractivity (Wildman–Crippen MR) is 226 cm³/mol. The van der Waals surface area contributed by atoms with Crippen molar-refractivity contribution in [2.75, 3.05) is 0 Å². The fourth-order valence-corrected chi connectivity index (χ4v) is 7.08. The number of rotatable bonds is 18. The highest BCUT2D eigenvalue weighted by Crippen LogP contribution is 2.21. The minimum Gasteiger partial charge on any atom is -0.508 e. The lowest BCUT2D eigenvalue weighted by molar-refractivity contribution is -0.134. The molecule has 15 heteroatoms. The second-order valence-electron chi connectivity index (χ2n) is 14.8. The Morgan fingerprint density at radius 3 is 1.50 bits per heavy atom. The number of nitrogens with two attached hydrogens (primary N) is 1. The van der Waals surface area contributed by atoms with Crippen LogP contribution in [0.25, 0.3) is 21.8 Å². The van der Waals surface area contributed by atoms with E-state index < -0.39 is 65.7 Å². The smallest absolute Gasteiger partial charge is 0.243 e. The van der Waals surface area contributed by atoms with Crippen LogP contribution in [0.15, 0.2) is 116 Å². The first-order valence-electron chi connectivity index (χ1n) is 19.5. The standard InChI is InChI=1S/C45H48N8O7/c1-26(42(57)52-40(23-31-25-48-36-15-9-7-13-34(31)36)45(60)51-37(41(46)56)20-28-10-4-3-5-11-28)49-43(58)39(22-30-24-47-35-14-8-6-12-33(30)35)53-44(59)38(50-27(2)54)21-29-16-18-32(55)19-17-29/h3-19,24-26,37-40,47-48,55H,20-23H2,1-2H3,(H2,46,56)(H,49,58)(H,50,54)(H,51,60)(H,52,57)(H,53,59)/t26-,37+,38-,39+,40-/m0/s1. The summed E-state index contributed by atoms with van der Waals surface area (Å²) in [4.78, 5) is 87.0. The van der Waals surface area contributed by atoms with Gasteiger partial charge in [0.25, 0.3) is 0 Å². The highest BCUT2D eigenvalue weighted by molar-refractivity contribution is 5.97. The fourth-order valence-electron chi connectivity index (χ4n) is 7.08. The van der Waals surface area contributed by atoms with E-state index in [2.05, 4.69) is 36.6 Å². The molecule has 0 aliphatic carbocycles. The molecular formula is C45H48N8O7. The van der Waals surface area contributed by atoms with Gasteiger partial charge in [0.2, 0.25) is 35.4 Å². The van der Waals surface area contributed by atoms with Gasteiger partial charge in [0.1, 0.15) is 36.0 Å². The van der Waals surface area contributed by atoms with Gasteiger partial charge in [-0.15, -0.1) is 0 Å². The zero-order chi connectivity index (χ0) is 42.8. The maximum Gasteiger partial charge on any atom is 0.243 e. The van der Waals surface area contributed by atoms with Crippen LogP contribution < -0.4 is 32.3 Å². The molecule has 2 heterocycles. The van der Waals surface area contributed by atoms with Gasteiger partial charge in [0.15, 0.2) is 0 Å². The number of hydrogen-bond acceptors (Lipinski definition) is 7. The third-order valence-electron chi connectivity index (χ3n) is 10.2. The molecule has 0 bridgehead atoms. The maximum absolute atomic E-state index is 14.1. The van der Waals surface area contributed by atoms with Crippen LogP contribution >= 0.6 is 0 Å². The summed E-state index contributed by atoms with van der Waals surface area (Å²) in [7, 11) is 0. The summed E-state index contributed by atoms with van der Waals surface area (Å²) >= 11 is 0. The number of benzene rings is 4. The largest absolute Gasteiger partial charge is 0.508 e. The number of fused-ring (bicyclic) bond motifs is 2. The molecule has 2 aromatic heterocycles. The van der Waals surface area contributed by atoms with Crippen LogP contribution in [0.3, 0.4) is 0 Å². The van der Waals surface area contributed by atoms with Crippen molar-refractivity contribution in [2.45, 2.75) is 69.7 Å². The molecule has 0 unspecified atom stereocenters. The normalized spacial score (nSPS) is 13.6. The van der Waals surface area contributed by atoms with E-state index in [0.29, 0.717) is 11.1 Å². The summed E-state index contributed by atoms with van der Waals surface area (Å²) in [5, 5.41) is 25.0. The summed E-state index contributed by atoms with van der Waals surface area (Å²) in [5.74, 6) is -3.89. The number of H-pyrrole nitrogens is 2. The van der Waals surface area contributed by atoms with Crippen molar-refractivity contribution < 1.29 is 33.9 Å². The van der Waals surface area contributed by atoms with E-state index in [1.54, 1.807) is 36.7 Å². The van der Waals surface area contributed by atoms with Gasteiger partial charge < -0.3 is 47.4 Å². The summed E-state index contributed by atoms with van der Waals surface area (Å²) in [6, 6.07) is 24.4. The Morgan fingerprint density at radius 1 is 0.533 bits per heavy atom. The Labute approximate surface area is 345 Å². The van der Waals surface area contributed by atoms with Crippen LogP contribution in [-0.4, -0.2) is 80.7 Å². The molecule has 0 radical (unpaired) electrons. The van der Waals surface area contributed by atoms with Crippen LogP contribution in [0.4, 0.5) is 0 Å². The number of phenolic OH excluding ortho intramolecular Hbond substituents is 1. The van der Waals surface area contributed by atoms with E-state index in [0.717, 1.165) is 32.9 Å². The fraction of sp³-hybridized carbons (Fsp3) is 0.244. The number of hydrogen-bond donors (Lipinski definition) is 9. The number of para-hydroxylation sites is 2. The predicted octanol–water partition coefficient (Wildman–Crippen LogP) is 2.57. The van der Waals surface area contributed by atoms with Gasteiger partial charge in [-0.05, 0) is 53.4 Å². The summed E-state index contributed by atoms with van der Waals surface area (Å²) in [6.07, 6.45) is 3.72. The molecule has 10 N–H and O–H groups in total. The van der Waals surface area contributed by atoms with Gasteiger partial charge in [-0.2, -0.15) is 0 Å². The molecule has 15 nitrogen and oxygen atoms in total. The lowest BCUT2D eigenvalue weighted by Crippen LogP contribution is -2.59. The van der Waals surface area contributed by atoms with Crippen molar-refractivity contribution >= 4 is 57.2 Å². The number of nitrogens with one attached hydrogen (secondary N) is 7. The Kier molecular flexibility index (Phi) is 13.6. The molecule has 0 aliphatic rings. The summed E-state index contributed by atoms with van der Waals surface area (Å²) in [6.45, 7) is 2.72. The van der Waals surface area contributed by atoms with Gasteiger partial charge in [-0.25, -0.2) is 0 Å². The molecule has 0 spiro atoms. The Hall–Kier alpha value is -7.42. The van der Waals surface area contributed by atoms with Crippen LogP contribution in [0.2, 0.25) is 0 Å². The quantitative estimate of drug-likeness (QED) is 0.0628. The Balaban J connectivity index is 1.21. The van der Waals surface area contributed by atoms with Crippen molar-refractivity contribution in [3.8, 4) is 5.75 Å². The molecule has 0 fully saturated rings. The number of aromatic nitrogens is 2.